The second kappa shape index (κ2) is 9.97. The second-order valence-electron chi connectivity index (χ2n) is 7.92. The highest BCUT2D eigenvalue weighted by molar-refractivity contribution is 7.16. The standard InChI is InChI=1S/C23H26N6O3S/c1-14(2)26-18-10-21(27-15-5-6-17-20(9-15)33-13-25-17)24-11-16(18)22-28-19(12-32-22)23(31)29(3)7-4-8-30/h5-6,9-14,30H,4,7-8H2,1-3H3,(H2,24,26,27). The van der Waals surface area contributed by atoms with Crippen LogP contribution in [0.2, 0.25) is 0 Å². The summed E-state index contributed by atoms with van der Waals surface area (Å²) in [6.45, 7) is 4.54. The number of nitrogens with one attached hydrogen (secondary N) is 2. The van der Waals surface area contributed by atoms with Gasteiger partial charge in [-0.05, 0) is 38.5 Å². The van der Waals surface area contributed by atoms with Crippen LogP contribution in [-0.2, 0) is 0 Å². The highest BCUT2D eigenvalue weighted by Gasteiger charge is 2.19. The minimum absolute atomic E-state index is 0.0239. The lowest BCUT2D eigenvalue weighted by molar-refractivity contribution is 0.0780. The van der Waals surface area contributed by atoms with Gasteiger partial charge in [-0.3, -0.25) is 4.79 Å². The first-order chi connectivity index (χ1) is 15.9. The predicted octanol–water partition coefficient (Wildman–Crippen LogP) is 4.36. The molecule has 4 rings (SSSR count). The molecule has 3 heterocycles. The molecule has 0 saturated heterocycles. The summed E-state index contributed by atoms with van der Waals surface area (Å²) in [6.07, 6.45) is 3.53. The van der Waals surface area contributed by atoms with Gasteiger partial charge in [-0.1, -0.05) is 0 Å². The normalized spacial score (nSPS) is 11.2. The van der Waals surface area contributed by atoms with Gasteiger partial charge in [0.1, 0.15) is 12.1 Å². The monoisotopic (exact) mass is 466 g/mol. The second-order valence-corrected chi connectivity index (χ2v) is 8.80. The average molecular weight is 467 g/mol. The molecule has 3 aromatic heterocycles. The lowest BCUT2D eigenvalue weighted by Gasteiger charge is -2.15. The Hall–Kier alpha value is -3.50. The van der Waals surface area contributed by atoms with Crippen molar-refractivity contribution >= 4 is 44.7 Å². The zero-order valence-corrected chi connectivity index (χ0v) is 19.5. The van der Waals surface area contributed by atoms with Crippen molar-refractivity contribution in [3.63, 3.8) is 0 Å². The van der Waals surface area contributed by atoms with Crippen LogP contribution >= 0.6 is 11.3 Å². The Morgan fingerprint density at radius 1 is 1.27 bits per heavy atom. The SMILES string of the molecule is CC(C)Nc1cc(Nc2ccc3ncsc3c2)ncc1-c1nc(C(=O)N(C)CCCO)co1. The number of thiazole rings is 1. The number of fused-ring (bicyclic) bond motifs is 1. The number of pyridine rings is 1. The summed E-state index contributed by atoms with van der Waals surface area (Å²) < 4.78 is 6.73. The van der Waals surface area contributed by atoms with Gasteiger partial charge < -0.3 is 25.1 Å². The van der Waals surface area contributed by atoms with Crippen LogP contribution in [0.4, 0.5) is 17.2 Å². The maximum absolute atomic E-state index is 12.6. The summed E-state index contributed by atoms with van der Waals surface area (Å²) in [5.41, 5.74) is 5.36. The number of anilines is 3. The molecule has 0 aliphatic heterocycles. The molecule has 1 amide bonds. The number of amides is 1. The molecule has 0 radical (unpaired) electrons. The Labute approximate surface area is 195 Å². The predicted molar refractivity (Wildman–Crippen MR) is 130 cm³/mol. The Morgan fingerprint density at radius 3 is 2.91 bits per heavy atom. The van der Waals surface area contributed by atoms with Crippen LogP contribution in [0.25, 0.3) is 21.7 Å². The number of benzene rings is 1. The van der Waals surface area contributed by atoms with Gasteiger partial charge in [0.15, 0.2) is 5.69 Å². The van der Waals surface area contributed by atoms with Gasteiger partial charge in [-0.25, -0.2) is 15.0 Å². The third-order valence-electron chi connectivity index (χ3n) is 4.90. The van der Waals surface area contributed by atoms with E-state index in [9.17, 15) is 4.79 Å². The summed E-state index contributed by atoms with van der Waals surface area (Å²) in [6, 6.07) is 8.03. The van der Waals surface area contributed by atoms with E-state index in [0.29, 0.717) is 30.2 Å². The Bertz CT molecular complexity index is 1250. The van der Waals surface area contributed by atoms with Crippen LogP contribution in [0.15, 0.2) is 46.7 Å². The van der Waals surface area contributed by atoms with E-state index in [4.69, 9.17) is 9.52 Å². The molecule has 4 aromatic rings. The van der Waals surface area contributed by atoms with E-state index in [2.05, 4.69) is 25.6 Å². The van der Waals surface area contributed by atoms with Gasteiger partial charge >= 0.3 is 0 Å². The van der Waals surface area contributed by atoms with Crippen molar-refractivity contribution in [1.82, 2.24) is 19.9 Å². The highest BCUT2D eigenvalue weighted by atomic mass is 32.1. The fourth-order valence-electron chi connectivity index (χ4n) is 3.31. The number of rotatable bonds is 9. The number of aliphatic hydroxyl groups excluding tert-OH is 1. The quantitative estimate of drug-likeness (QED) is 0.333. The number of hydrogen-bond donors (Lipinski definition) is 3. The Kier molecular flexibility index (Phi) is 6.85. The number of nitrogens with zero attached hydrogens (tertiary/aromatic N) is 4. The van der Waals surface area contributed by atoms with E-state index in [-0.39, 0.29) is 24.2 Å². The molecule has 0 atom stereocenters. The molecule has 9 nitrogen and oxygen atoms in total. The van der Waals surface area contributed by atoms with E-state index in [0.717, 1.165) is 21.6 Å². The Balaban J connectivity index is 1.59. The van der Waals surface area contributed by atoms with Crippen LogP contribution in [0.5, 0.6) is 0 Å². The lowest BCUT2D eigenvalue weighted by Crippen LogP contribution is -2.28. The van der Waals surface area contributed by atoms with Gasteiger partial charge in [-0.2, -0.15) is 0 Å². The molecule has 10 heteroatoms. The van der Waals surface area contributed by atoms with Gasteiger partial charge in [-0.15, -0.1) is 11.3 Å². The van der Waals surface area contributed by atoms with Crippen molar-refractivity contribution in [3.8, 4) is 11.5 Å². The van der Waals surface area contributed by atoms with Gasteiger partial charge in [0.2, 0.25) is 5.89 Å². The van der Waals surface area contributed by atoms with Crippen LogP contribution in [-0.4, -0.2) is 57.1 Å². The number of oxazole rings is 1. The van der Waals surface area contributed by atoms with Crippen LogP contribution in [0.3, 0.4) is 0 Å². The molecular weight excluding hydrogens is 440 g/mol. The third-order valence-corrected chi connectivity index (χ3v) is 5.70. The Morgan fingerprint density at radius 2 is 2.12 bits per heavy atom. The summed E-state index contributed by atoms with van der Waals surface area (Å²) in [5.74, 6) is 0.709. The highest BCUT2D eigenvalue weighted by Crippen LogP contribution is 2.31. The molecule has 0 unspecified atom stereocenters. The van der Waals surface area contributed by atoms with Crippen molar-refractivity contribution in [1.29, 1.82) is 0 Å². The van der Waals surface area contributed by atoms with Crippen LogP contribution in [0.1, 0.15) is 30.8 Å². The molecule has 0 bridgehead atoms. The molecule has 0 fully saturated rings. The fourth-order valence-corrected chi connectivity index (χ4v) is 4.02. The summed E-state index contributed by atoms with van der Waals surface area (Å²) in [5, 5.41) is 15.7. The third kappa shape index (κ3) is 5.29. The molecular formula is C23H26N6O3S. The van der Waals surface area contributed by atoms with Crippen molar-refractivity contribution < 1.29 is 14.3 Å². The number of carbonyl (C=O) groups is 1. The van der Waals surface area contributed by atoms with E-state index in [1.165, 1.54) is 11.2 Å². The van der Waals surface area contributed by atoms with E-state index >= 15 is 0 Å². The summed E-state index contributed by atoms with van der Waals surface area (Å²) in [7, 11) is 1.67. The minimum Gasteiger partial charge on any atom is -0.443 e. The molecule has 0 aliphatic rings. The first kappa shape index (κ1) is 22.7. The number of carbonyl (C=O) groups excluding carboxylic acids is 1. The van der Waals surface area contributed by atoms with Crippen LogP contribution < -0.4 is 10.6 Å². The topological polar surface area (TPSA) is 116 Å². The van der Waals surface area contributed by atoms with E-state index in [1.807, 2.05) is 43.6 Å². The van der Waals surface area contributed by atoms with Crippen molar-refractivity contribution in [2.75, 3.05) is 30.8 Å². The zero-order valence-electron chi connectivity index (χ0n) is 18.7. The van der Waals surface area contributed by atoms with Gasteiger partial charge in [0, 0.05) is 44.2 Å². The average Bonchev–Trinajstić information content (AvgIpc) is 3.46. The maximum atomic E-state index is 12.6. The summed E-state index contributed by atoms with van der Waals surface area (Å²) >= 11 is 1.59. The zero-order chi connectivity index (χ0) is 23.4. The van der Waals surface area contributed by atoms with Crippen molar-refractivity contribution in [3.05, 3.63) is 47.9 Å². The maximum Gasteiger partial charge on any atom is 0.275 e. The molecule has 33 heavy (non-hydrogen) atoms. The van der Waals surface area contributed by atoms with E-state index < -0.39 is 0 Å². The number of aromatic nitrogens is 3. The van der Waals surface area contributed by atoms with E-state index in [1.54, 1.807) is 24.6 Å². The first-order valence-corrected chi connectivity index (χ1v) is 11.5. The molecule has 3 N–H and O–H groups in total. The van der Waals surface area contributed by atoms with Gasteiger partial charge in [0.05, 0.1) is 27.0 Å². The number of hydrogen-bond acceptors (Lipinski definition) is 9. The minimum atomic E-state index is -0.262. The molecule has 0 saturated carbocycles. The smallest absolute Gasteiger partial charge is 0.275 e. The number of aliphatic hydroxyl groups is 1. The molecule has 172 valence electrons. The molecule has 0 aliphatic carbocycles. The lowest BCUT2D eigenvalue weighted by atomic mass is 10.2. The molecule has 0 spiro atoms. The van der Waals surface area contributed by atoms with Crippen molar-refractivity contribution in [2.45, 2.75) is 26.3 Å². The largest absolute Gasteiger partial charge is 0.443 e. The van der Waals surface area contributed by atoms with Crippen LogP contribution in [0, 0.1) is 0 Å². The van der Waals surface area contributed by atoms with Gasteiger partial charge in [0.25, 0.3) is 5.91 Å². The fraction of sp³-hybridized carbons (Fsp3) is 0.304. The summed E-state index contributed by atoms with van der Waals surface area (Å²) in [4.78, 5) is 27.3. The molecule has 1 aromatic carbocycles. The van der Waals surface area contributed by atoms with Crippen molar-refractivity contribution in [2.24, 2.45) is 0 Å². The first-order valence-electron chi connectivity index (χ1n) is 10.6.